The Hall–Kier alpha value is -2.76. The maximum atomic E-state index is 12.6. The van der Waals surface area contributed by atoms with Crippen molar-refractivity contribution >= 4 is 17.5 Å². The van der Waals surface area contributed by atoms with Gasteiger partial charge in [0.2, 0.25) is 0 Å². The van der Waals surface area contributed by atoms with E-state index in [9.17, 15) is 9.59 Å². The van der Waals surface area contributed by atoms with Gasteiger partial charge >= 0.3 is 0 Å². The van der Waals surface area contributed by atoms with E-state index in [1.807, 2.05) is 11.8 Å². The highest BCUT2D eigenvalue weighted by Crippen LogP contribution is 2.16. The first kappa shape index (κ1) is 17.1. The minimum Gasteiger partial charge on any atom is -0.339 e. The molecule has 6 nitrogen and oxygen atoms in total. The standard InChI is InChI=1S/C19H22N4O2/c1-14-12-21-17(13-20-14)18(24)22-16-8-6-15(7-9-16)19(25)23-10-4-2-3-5-11-23/h6-9,12-13H,2-5,10-11H2,1H3,(H,22,24). The predicted molar refractivity (Wildman–Crippen MR) is 95.5 cm³/mol. The van der Waals surface area contributed by atoms with Crippen molar-refractivity contribution < 1.29 is 9.59 Å². The van der Waals surface area contributed by atoms with E-state index in [1.54, 1.807) is 30.5 Å². The van der Waals surface area contributed by atoms with Crippen LogP contribution in [0.1, 0.15) is 52.2 Å². The molecule has 1 aliphatic heterocycles. The third-order valence-electron chi connectivity index (χ3n) is 4.30. The van der Waals surface area contributed by atoms with Gasteiger partial charge in [-0.25, -0.2) is 4.98 Å². The van der Waals surface area contributed by atoms with Crippen LogP contribution in [-0.4, -0.2) is 39.8 Å². The summed E-state index contributed by atoms with van der Waals surface area (Å²) in [5.74, 6) is -0.261. The number of aryl methyl sites for hydroxylation is 1. The van der Waals surface area contributed by atoms with Crippen molar-refractivity contribution in [3.8, 4) is 0 Å². The molecule has 1 aliphatic rings. The monoisotopic (exact) mass is 338 g/mol. The number of rotatable bonds is 3. The zero-order chi connectivity index (χ0) is 17.6. The molecule has 0 unspecified atom stereocenters. The lowest BCUT2D eigenvalue weighted by Gasteiger charge is -2.20. The van der Waals surface area contributed by atoms with E-state index < -0.39 is 0 Å². The number of nitrogens with zero attached hydrogens (tertiary/aromatic N) is 3. The number of benzene rings is 1. The first-order valence-electron chi connectivity index (χ1n) is 8.63. The van der Waals surface area contributed by atoms with Crippen molar-refractivity contribution in [3.05, 3.63) is 53.6 Å². The fourth-order valence-corrected chi connectivity index (χ4v) is 2.86. The molecule has 0 saturated carbocycles. The molecule has 1 aromatic heterocycles. The topological polar surface area (TPSA) is 75.2 Å². The van der Waals surface area contributed by atoms with Gasteiger partial charge in [0.15, 0.2) is 0 Å². The number of carbonyl (C=O) groups is 2. The number of anilines is 1. The first-order valence-corrected chi connectivity index (χ1v) is 8.63. The van der Waals surface area contributed by atoms with E-state index in [2.05, 4.69) is 15.3 Å². The van der Waals surface area contributed by atoms with Crippen LogP contribution in [0.3, 0.4) is 0 Å². The molecule has 3 rings (SSSR count). The SMILES string of the molecule is Cc1cnc(C(=O)Nc2ccc(C(=O)N3CCCCCC3)cc2)cn1. The number of likely N-dealkylation sites (tertiary alicyclic amines) is 1. The molecule has 0 radical (unpaired) electrons. The third kappa shape index (κ3) is 4.41. The smallest absolute Gasteiger partial charge is 0.275 e. The van der Waals surface area contributed by atoms with Crippen LogP contribution < -0.4 is 5.32 Å². The van der Waals surface area contributed by atoms with E-state index in [4.69, 9.17) is 0 Å². The van der Waals surface area contributed by atoms with E-state index in [-0.39, 0.29) is 17.5 Å². The summed E-state index contributed by atoms with van der Waals surface area (Å²) in [7, 11) is 0. The van der Waals surface area contributed by atoms with Crippen LogP contribution in [0, 0.1) is 6.92 Å². The Balaban J connectivity index is 1.64. The van der Waals surface area contributed by atoms with Crippen molar-refractivity contribution in [1.82, 2.24) is 14.9 Å². The Morgan fingerprint density at radius 3 is 2.24 bits per heavy atom. The van der Waals surface area contributed by atoms with Crippen LogP contribution in [0.5, 0.6) is 0 Å². The number of hydrogen-bond acceptors (Lipinski definition) is 4. The molecule has 130 valence electrons. The third-order valence-corrected chi connectivity index (χ3v) is 4.30. The van der Waals surface area contributed by atoms with Crippen LogP contribution >= 0.6 is 0 Å². The Bertz CT molecular complexity index is 733. The van der Waals surface area contributed by atoms with Crippen LogP contribution in [0.25, 0.3) is 0 Å². The molecule has 0 aliphatic carbocycles. The minimum absolute atomic E-state index is 0.0594. The second kappa shape index (κ2) is 7.88. The Kier molecular flexibility index (Phi) is 5.38. The van der Waals surface area contributed by atoms with E-state index in [1.165, 1.54) is 19.0 Å². The van der Waals surface area contributed by atoms with Crippen LogP contribution in [-0.2, 0) is 0 Å². The number of nitrogens with one attached hydrogen (secondary N) is 1. The first-order chi connectivity index (χ1) is 12.1. The quantitative estimate of drug-likeness (QED) is 0.933. The molecular formula is C19H22N4O2. The van der Waals surface area contributed by atoms with Crippen molar-refractivity contribution in [3.63, 3.8) is 0 Å². The average molecular weight is 338 g/mol. The van der Waals surface area contributed by atoms with Gasteiger partial charge in [-0.15, -0.1) is 0 Å². The number of hydrogen-bond donors (Lipinski definition) is 1. The lowest BCUT2D eigenvalue weighted by molar-refractivity contribution is 0.0761. The molecule has 0 spiro atoms. The fourth-order valence-electron chi connectivity index (χ4n) is 2.86. The van der Waals surface area contributed by atoms with Gasteiger partial charge < -0.3 is 10.2 Å². The highest BCUT2D eigenvalue weighted by atomic mass is 16.2. The highest BCUT2D eigenvalue weighted by molar-refractivity contribution is 6.03. The number of aromatic nitrogens is 2. The van der Waals surface area contributed by atoms with Gasteiger partial charge in [0.25, 0.3) is 11.8 Å². The van der Waals surface area contributed by atoms with Crippen molar-refractivity contribution in [2.75, 3.05) is 18.4 Å². The Morgan fingerprint density at radius 2 is 1.64 bits per heavy atom. The largest absolute Gasteiger partial charge is 0.339 e. The van der Waals surface area contributed by atoms with Gasteiger partial charge in [0.1, 0.15) is 5.69 Å². The van der Waals surface area contributed by atoms with Gasteiger partial charge in [-0.3, -0.25) is 14.6 Å². The molecular weight excluding hydrogens is 316 g/mol. The molecule has 2 heterocycles. The van der Waals surface area contributed by atoms with Crippen molar-refractivity contribution in [1.29, 1.82) is 0 Å². The molecule has 1 N–H and O–H groups in total. The summed E-state index contributed by atoms with van der Waals surface area (Å²) in [5.41, 5.74) is 2.29. The van der Waals surface area contributed by atoms with Gasteiger partial charge in [-0.2, -0.15) is 0 Å². The second-order valence-corrected chi connectivity index (χ2v) is 6.28. The van der Waals surface area contributed by atoms with E-state index in [0.717, 1.165) is 31.6 Å². The summed E-state index contributed by atoms with van der Waals surface area (Å²) >= 11 is 0. The molecule has 6 heteroatoms. The molecule has 2 amide bonds. The summed E-state index contributed by atoms with van der Waals surface area (Å²) in [6.45, 7) is 3.46. The zero-order valence-corrected chi connectivity index (χ0v) is 14.4. The van der Waals surface area contributed by atoms with Gasteiger partial charge in [0, 0.05) is 30.5 Å². The maximum Gasteiger partial charge on any atom is 0.275 e. The lowest BCUT2D eigenvalue weighted by Crippen LogP contribution is -2.31. The van der Waals surface area contributed by atoms with Gasteiger partial charge in [-0.05, 0) is 44.0 Å². The summed E-state index contributed by atoms with van der Waals surface area (Å²) in [4.78, 5) is 34.7. The van der Waals surface area contributed by atoms with Gasteiger partial charge in [-0.1, -0.05) is 12.8 Å². The van der Waals surface area contributed by atoms with Crippen LogP contribution in [0.15, 0.2) is 36.7 Å². The van der Waals surface area contributed by atoms with E-state index in [0.29, 0.717) is 11.3 Å². The minimum atomic E-state index is -0.320. The Morgan fingerprint density at radius 1 is 0.960 bits per heavy atom. The summed E-state index contributed by atoms with van der Waals surface area (Å²) in [6.07, 6.45) is 7.52. The summed E-state index contributed by atoms with van der Waals surface area (Å²) in [5, 5.41) is 2.77. The van der Waals surface area contributed by atoms with Gasteiger partial charge in [0.05, 0.1) is 11.9 Å². The lowest BCUT2D eigenvalue weighted by atomic mass is 10.1. The summed E-state index contributed by atoms with van der Waals surface area (Å²) < 4.78 is 0. The highest BCUT2D eigenvalue weighted by Gasteiger charge is 2.17. The normalized spacial score (nSPS) is 14.7. The Labute approximate surface area is 147 Å². The molecule has 25 heavy (non-hydrogen) atoms. The summed E-state index contributed by atoms with van der Waals surface area (Å²) in [6, 6.07) is 6.99. The van der Waals surface area contributed by atoms with Crippen LogP contribution in [0.2, 0.25) is 0 Å². The second-order valence-electron chi connectivity index (χ2n) is 6.28. The number of carbonyl (C=O) groups excluding carboxylic acids is 2. The van der Waals surface area contributed by atoms with E-state index >= 15 is 0 Å². The molecule has 1 aromatic carbocycles. The molecule has 1 saturated heterocycles. The molecule has 0 bridgehead atoms. The number of amides is 2. The van der Waals surface area contributed by atoms with Crippen molar-refractivity contribution in [2.45, 2.75) is 32.6 Å². The fraction of sp³-hybridized carbons (Fsp3) is 0.368. The predicted octanol–water partition coefficient (Wildman–Crippen LogP) is 3.05. The van der Waals surface area contributed by atoms with Crippen molar-refractivity contribution in [2.24, 2.45) is 0 Å². The van der Waals surface area contributed by atoms with Crippen LogP contribution in [0.4, 0.5) is 5.69 Å². The average Bonchev–Trinajstić information content (AvgIpc) is 2.92. The molecule has 1 fully saturated rings. The molecule has 0 atom stereocenters. The molecule has 2 aromatic rings. The zero-order valence-electron chi connectivity index (χ0n) is 14.4. The maximum absolute atomic E-state index is 12.6.